The Hall–Kier alpha value is -0.380. The van der Waals surface area contributed by atoms with E-state index in [9.17, 15) is 5.11 Å². The van der Waals surface area contributed by atoms with Crippen LogP contribution >= 0.6 is 0 Å². The van der Waals surface area contributed by atoms with E-state index in [2.05, 4.69) is 17.1 Å². The zero-order valence-electron chi connectivity index (χ0n) is 9.16. The molecule has 2 aliphatic rings. The first-order valence-electron chi connectivity index (χ1n) is 5.16. The lowest BCUT2D eigenvalue weighted by atomic mass is 9.90. The van der Waals surface area contributed by atoms with Gasteiger partial charge in [-0.05, 0) is 21.0 Å². The minimum atomic E-state index is -0.254. The molecule has 2 heterocycles. The normalized spacial score (nSPS) is 46.2. The second-order valence-corrected chi connectivity index (χ2v) is 5.11. The van der Waals surface area contributed by atoms with Crippen molar-refractivity contribution in [2.45, 2.75) is 37.1 Å². The fourth-order valence-electron chi connectivity index (χ4n) is 2.70. The van der Waals surface area contributed by atoms with Crippen LogP contribution in [0.15, 0.2) is 12.2 Å². The van der Waals surface area contributed by atoms with E-state index in [1.807, 2.05) is 21.0 Å². The summed E-state index contributed by atoms with van der Waals surface area (Å²) in [6, 6.07) is 0. The topological polar surface area (TPSA) is 32.7 Å². The van der Waals surface area contributed by atoms with E-state index in [-0.39, 0.29) is 17.3 Å². The maximum Gasteiger partial charge on any atom is 0.103 e. The minimum absolute atomic E-state index is 0.233. The van der Waals surface area contributed by atoms with E-state index in [1.165, 1.54) is 0 Å². The molecule has 3 atom stereocenters. The number of aliphatic hydroxyl groups is 1. The number of fused-ring (bicyclic) bond motifs is 2. The number of hydrogen-bond acceptors (Lipinski definition) is 3. The number of rotatable bonds is 2. The Morgan fingerprint density at radius 1 is 1.43 bits per heavy atom. The third kappa shape index (κ3) is 1.72. The van der Waals surface area contributed by atoms with Crippen molar-refractivity contribution in [3.63, 3.8) is 0 Å². The molecule has 0 aromatic rings. The summed E-state index contributed by atoms with van der Waals surface area (Å²) < 4.78 is 6.04. The third-order valence-corrected chi connectivity index (χ3v) is 2.98. The molecule has 3 nitrogen and oxygen atoms in total. The highest BCUT2D eigenvalue weighted by molar-refractivity contribution is 5.21. The molecular formula is C11H19NO2. The molecule has 0 aromatic heterocycles. The lowest BCUT2D eigenvalue weighted by Crippen LogP contribution is -2.50. The summed E-state index contributed by atoms with van der Waals surface area (Å²) in [7, 11) is 4.06. The average Bonchev–Trinajstić information content (AvgIpc) is 2.19. The molecule has 0 saturated carbocycles. The Labute approximate surface area is 85.4 Å². The summed E-state index contributed by atoms with van der Waals surface area (Å²) in [6.07, 6.45) is 5.44. The second kappa shape index (κ2) is 3.05. The molecule has 0 unspecified atom stereocenters. The summed E-state index contributed by atoms with van der Waals surface area (Å²) in [5, 5.41) is 9.79. The number of ether oxygens (including phenoxy) is 1. The average molecular weight is 197 g/mol. The number of nitrogens with zero attached hydrogens (tertiary/aromatic N) is 1. The standard InChI is InChI=1S/C11H19NO2/c1-10-4-5-11(14-10,8-12(2)3)7-9(13)6-10/h4-5,9,13H,6-8H2,1-3H3/t9-,10+,11-/m0/s1. The minimum Gasteiger partial charge on any atom is -0.393 e. The first-order chi connectivity index (χ1) is 6.43. The van der Waals surface area contributed by atoms with Gasteiger partial charge in [0.15, 0.2) is 0 Å². The van der Waals surface area contributed by atoms with Crippen LogP contribution in [0.2, 0.25) is 0 Å². The third-order valence-electron chi connectivity index (χ3n) is 2.98. The summed E-state index contributed by atoms with van der Waals surface area (Å²) >= 11 is 0. The summed E-state index contributed by atoms with van der Waals surface area (Å²) in [5.41, 5.74) is -0.496. The van der Waals surface area contributed by atoms with Gasteiger partial charge in [-0.2, -0.15) is 0 Å². The number of hydrogen-bond donors (Lipinski definition) is 1. The highest BCUT2D eigenvalue weighted by Gasteiger charge is 2.48. The Bertz CT molecular complexity index is 260. The highest BCUT2D eigenvalue weighted by Crippen LogP contribution is 2.43. The van der Waals surface area contributed by atoms with Crippen LogP contribution in [0.25, 0.3) is 0 Å². The van der Waals surface area contributed by atoms with Crippen LogP contribution in [0, 0.1) is 0 Å². The van der Waals surface area contributed by atoms with Crippen LogP contribution in [-0.2, 0) is 4.74 Å². The van der Waals surface area contributed by atoms with E-state index < -0.39 is 0 Å². The number of likely N-dealkylation sites (N-methyl/N-ethyl adjacent to an activating group) is 1. The monoisotopic (exact) mass is 197 g/mol. The van der Waals surface area contributed by atoms with E-state index in [0.29, 0.717) is 0 Å². The van der Waals surface area contributed by atoms with Crippen molar-refractivity contribution in [3.05, 3.63) is 12.2 Å². The van der Waals surface area contributed by atoms with Gasteiger partial charge in [-0.25, -0.2) is 0 Å². The van der Waals surface area contributed by atoms with Gasteiger partial charge in [0.25, 0.3) is 0 Å². The number of aliphatic hydroxyl groups excluding tert-OH is 1. The van der Waals surface area contributed by atoms with Crippen LogP contribution in [0.1, 0.15) is 19.8 Å². The molecule has 14 heavy (non-hydrogen) atoms. The van der Waals surface area contributed by atoms with E-state index in [0.717, 1.165) is 19.4 Å². The van der Waals surface area contributed by atoms with Gasteiger partial charge in [0.05, 0.1) is 11.7 Å². The molecular weight excluding hydrogens is 178 g/mol. The predicted molar refractivity (Wildman–Crippen MR) is 55.2 cm³/mol. The molecule has 1 fully saturated rings. The van der Waals surface area contributed by atoms with Crippen molar-refractivity contribution in [1.82, 2.24) is 4.90 Å². The largest absolute Gasteiger partial charge is 0.393 e. The maximum absolute atomic E-state index is 9.79. The van der Waals surface area contributed by atoms with E-state index in [1.54, 1.807) is 0 Å². The van der Waals surface area contributed by atoms with E-state index >= 15 is 0 Å². The van der Waals surface area contributed by atoms with Gasteiger partial charge >= 0.3 is 0 Å². The van der Waals surface area contributed by atoms with Gasteiger partial charge < -0.3 is 14.7 Å². The van der Waals surface area contributed by atoms with E-state index in [4.69, 9.17) is 4.74 Å². The van der Waals surface area contributed by atoms with Crippen LogP contribution < -0.4 is 0 Å². The molecule has 2 aliphatic heterocycles. The molecule has 1 saturated heterocycles. The van der Waals surface area contributed by atoms with Gasteiger partial charge in [0, 0.05) is 19.4 Å². The van der Waals surface area contributed by atoms with Crippen LogP contribution in [0.4, 0.5) is 0 Å². The Morgan fingerprint density at radius 3 is 2.79 bits per heavy atom. The lowest BCUT2D eigenvalue weighted by Gasteiger charge is -2.42. The summed E-state index contributed by atoms with van der Waals surface area (Å²) in [6.45, 7) is 2.89. The Balaban J connectivity index is 2.17. The highest BCUT2D eigenvalue weighted by atomic mass is 16.5. The quantitative estimate of drug-likeness (QED) is 0.664. The van der Waals surface area contributed by atoms with Gasteiger partial charge in [-0.1, -0.05) is 12.2 Å². The van der Waals surface area contributed by atoms with Gasteiger partial charge in [0.2, 0.25) is 0 Å². The first kappa shape index (κ1) is 10.1. The smallest absolute Gasteiger partial charge is 0.103 e. The molecule has 2 rings (SSSR count). The van der Waals surface area contributed by atoms with Crippen molar-refractivity contribution < 1.29 is 9.84 Å². The van der Waals surface area contributed by atoms with Crippen molar-refractivity contribution in [3.8, 4) is 0 Å². The van der Waals surface area contributed by atoms with Crippen molar-refractivity contribution >= 4 is 0 Å². The fraction of sp³-hybridized carbons (Fsp3) is 0.818. The van der Waals surface area contributed by atoms with Crippen LogP contribution in [0.5, 0.6) is 0 Å². The van der Waals surface area contributed by atoms with Crippen molar-refractivity contribution in [2.75, 3.05) is 20.6 Å². The Morgan fingerprint density at radius 2 is 2.14 bits per heavy atom. The lowest BCUT2D eigenvalue weighted by molar-refractivity contribution is -0.156. The molecule has 3 heteroatoms. The molecule has 0 amide bonds. The second-order valence-electron chi connectivity index (χ2n) is 5.11. The first-order valence-corrected chi connectivity index (χ1v) is 5.16. The molecule has 80 valence electrons. The van der Waals surface area contributed by atoms with Crippen molar-refractivity contribution in [2.24, 2.45) is 0 Å². The van der Waals surface area contributed by atoms with Gasteiger partial charge in [-0.15, -0.1) is 0 Å². The molecule has 0 radical (unpaired) electrons. The van der Waals surface area contributed by atoms with Crippen LogP contribution in [0.3, 0.4) is 0 Å². The zero-order chi connectivity index (χ0) is 10.4. The maximum atomic E-state index is 9.79. The predicted octanol–water partition coefficient (Wildman–Crippen LogP) is 0.787. The molecule has 2 bridgehead atoms. The van der Waals surface area contributed by atoms with Gasteiger partial charge in [-0.3, -0.25) is 0 Å². The fourth-order valence-corrected chi connectivity index (χ4v) is 2.70. The zero-order valence-corrected chi connectivity index (χ0v) is 9.16. The van der Waals surface area contributed by atoms with Crippen LogP contribution in [-0.4, -0.2) is 48.0 Å². The SMILES string of the molecule is CN(C)C[C@]12C=C[C@](C)(C[C@H](O)C1)O2. The summed E-state index contributed by atoms with van der Waals surface area (Å²) in [5.74, 6) is 0. The summed E-state index contributed by atoms with van der Waals surface area (Å²) in [4.78, 5) is 2.11. The molecule has 0 aliphatic carbocycles. The van der Waals surface area contributed by atoms with Crippen molar-refractivity contribution in [1.29, 1.82) is 0 Å². The molecule has 0 aromatic carbocycles. The molecule has 1 N–H and O–H groups in total. The Kier molecular flexibility index (Phi) is 2.21. The van der Waals surface area contributed by atoms with Gasteiger partial charge in [0.1, 0.15) is 5.60 Å². The molecule has 0 spiro atoms.